The van der Waals surface area contributed by atoms with Crippen molar-refractivity contribution >= 4 is 11.6 Å². The van der Waals surface area contributed by atoms with Gasteiger partial charge in [-0.3, -0.25) is 0 Å². The van der Waals surface area contributed by atoms with Gasteiger partial charge >= 0.3 is 0 Å². The molecular weight excluding hydrogens is 216 g/mol. The average molecular weight is 231 g/mol. The van der Waals surface area contributed by atoms with Crippen LogP contribution in [0.3, 0.4) is 0 Å². The highest BCUT2D eigenvalue weighted by Crippen LogP contribution is 2.24. The molecule has 0 N–H and O–H groups in total. The van der Waals surface area contributed by atoms with E-state index < -0.39 is 0 Å². The molecule has 0 bridgehead atoms. The summed E-state index contributed by atoms with van der Waals surface area (Å²) in [5.41, 5.74) is 5.24. The Labute approximate surface area is 102 Å². The van der Waals surface area contributed by atoms with Crippen LogP contribution in [0, 0.1) is 6.92 Å². The zero-order valence-electron chi connectivity index (χ0n) is 9.63. The Hall–Kier alpha value is -1.27. The minimum Gasteiger partial charge on any atom is -0.0843 e. The van der Waals surface area contributed by atoms with Gasteiger partial charge in [0.05, 0.1) is 0 Å². The van der Waals surface area contributed by atoms with E-state index in [-0.39, 0.29) is 0 Å². The zero-order valence-corrected chi connectivity index (χ0v) is 10.4. The number of benzene rings is 2. The van der Waals surface area contributed by atoms with Crippen LogP contribution in [0.5, 0.6) is 0 Å². The highest BCUT2D eigenvalue weighted by Gasteiger charge is 2.00. The van der Waals surface area contributed by atoms with Gasteiger partial charge in [0, 0.05) is 5.02 Å². The monoisotopic (exact) mass is 230 g/mol. The van der Waals surface area contributed by atoms with Crippen LogP contribution in [0.1, 0.15) is 18.1 Å². The molecule has 0 aliphatic carbocycles. The van der Waals surface area contributed by atoms with Crippen molar-refractivity contribution in [1.29, 1.82) is 0 Å². The molecule has 0 aliphatic rings. The summed E-state index contributed by atoms with van der Waals surface area (Å²) in [6.07, 6.45) is 1.09. The maximum Gasteiger partial charge on any atom is 0.0406 e. The Morgan fingerprint density at radius 2 is 1.56 bits per heavy atom. The first kappa shape index (κ1) is 11.2. The van der Waals surface area contributed by atoms with Crippen molar-refractivity contribution in [3.63, 3.8) is 0 Å². The van der Waals surface area contributed by atoms with E-state index in [9.17, 15) is 0 Å². The second-order valence-corrected chi connectivity index (χ2v) is 4.44. The lowest BCUT2D eigenvalue weighted by Gasteiger charge is -2.07. The van der Waals surface area contributed by atoms with E-state index in [1.54, 1.807) is 0 Å². The number of hydrogen-bond acceptors (Lipinski definition) is 0. The summed E-state index contributed by atoms with van der Waals surface area (Å²) in [7, 11) is 0. The number of rotatable bonds is 2. The van der Waals surface area contributed by atoms with Gasteiger partial charge in [-0.1, -0.05) is 48.9 Å². The Morgan fingerprint density at radius 1 is 0.938 bits per heavy atom. The van der Waals surface area contributed by atoms with Gasteiger partial charge in [0.1, 0.15) is 0 Å². The van der Waals surface area contributed by atoms with E-state index in [4.69, 9.17) is 11.6 Å². The molecule has 2 rings (SSSR count). The summed E-state index contributed by atoms with van der Waals surface area (Å²) in [6.45, 7) is 4.35. The van der Waals surface area contributed by atoms with Gasteiger partial charge in [-0.15, -0.1) is 0 Å². The zero-order chi connectivity index (χ0) is 11.5. The van der Waals surface area contributed by atoms with Crippen LogP contribution in [0.25, 0.3) is 11.1 Å². The molecule has 2 aromatic carbocycles. The molecule has 0 radical (unpaired) electrons. The van der Waals surface area contributed by atoms with Crippen LogP contribution in [0.4, 0.5) is 0 Å². The molecule has 0 saturated carbocycles. The predicted octanol–water partition coefficient (Wildman–Crippen LogP) is 4.88. The minimum absolute atomic E-state index is 0.783. The topological polar surface area (TPSA) is 0 Å². The fourth-order valence-electron chi connectivity index (χ4n) is 1.91. The average Bonchev–Trinajstić information content (AvgIpc) is 2.30. The number of aryl methyl sites for hydroxylation is 2. The standard InChI is InChI=1S/C15H15Cl/c1-3-12-4-5-14(10-11(12)2)13-6-8-15(16)9-7-13/h4-10H,3H2,1-2H3. The van der Waals surface area contributed by atoms with Crippen molar-refractivity contribution in [2.45, 2.75) is 20.3 Å². The van der Waals surface area contributed by atoms with Crippen LogP contribution >= 0.6 is 11.6 Å². The summed E-state index contributed by atoms with van der Waals surface area (Å²) < 4.78 is 0. The lowest BCUT2D eigenvalue weighted by molar-refractivity contribution is 1.11. The Morgan fingerprint density at radius 3 is 2.12 bits per heavy atom. The molecule has 0 aromatic heterocycles. The molecule has 0 unspecified atom stereocenters. The highest BCUT2D eigenvalue weighted by atomic mass is 35.5. The largest absolute Gasteiger partial charge is 0.0843 e. The fraction of sp³-hybridized carbons (Fsp3) is 0.200. The Bertz CT molecular complexity index is 483. The molecule has 0 amide bonds. The lowest BCUT2D eigenvalue weighted by Crippen LogP contribution is -1.87. The third kappa shape index (κ3) is 2.28. The summed E-state index contributed by atoms with van der Waals surface area (Å²) in [5.74, 6) is 0. The van der Waals surface area contributed by atoms with Gasteiger partial charge in [0.15, 0.2) is 0 Å². The van der Waals surface area contributed by atoms with E-state index in [1.165, 1.54) is 22.3 Å². The van der Waals surface area contributed by atoms with Crippen LogP contribution in [-0.4, -0.2) is 0 Å². The first-order valence-electron chi connectivity index (χ1n) is 5.56. The number of hydrogen-bond donors (Lipinski definition) is 0. The SMILES string of the molecule is CCc1ccc(-c2ccc(Cl)cc2)cc1C. The summed E-state index contributed by atoms with van der Waals surface area (Å²) in [4.78, 5) is 0. The lowest BCUT2D eigenvalue weighted by atomic mass is 9.99. The Kier molecular flexibility index (Phi) is 3.31. The maximum absolute atomic E-state index is 5.88. The minimum atomic E-state index is 0.783. The molecule has 0 saturated heterocycles. The smallest absolute Gasteiger partial charge is 0.0406 e. The first-order valence-corrected chi connectivity index (χ1v) is 5.94. The summed E-state index contributed by atoms with van der Waals surface area (Å²) in [5, 5.41) is 0.783. The molecule has 0 fully saturated rings. The van der Waals surface area contributed by atoms with E-state index in [2.05, 4.69) is 44.2 Å². The van der Waals surface area contributed by atoms with Crippen molar-refractivity contribution < 1.29 is 0 Å². The summed E-state index contributed by atoms with van der Waals surface area (Å²) >= 11 is 5.88. The van der Waals surface area contributed by atoms with Crippen LogP contribution in [-0.2, 0) is 6.42 Å². The van der Waals surface area contributed by atoms with Crippen molar-refractivity contribution in [2.24, 2.45) is 0 Å². The van der Waals surface area contributed by atoms with Gasteiger partial charge in [0.25, 0.3) is 0 Å². The van der Waals surface area contributed by atoms with Gasteiger partial charge in [-0.05, 0) is 47.7 Å². The molecule has 0 heterocycles. The van der Waals surface area contributed by atoms with Gasteiger partial charge in [-0.2, -0.15) is 0 Å². The molecule has 1 heteroatoms. The predicted molar refractivity (Wildman–Crippen MR) is 71.0 cm³/mol. The second kappa shape index (κ2) is 4.71. The molecule has 82 valence electrons. The quantitative estimate of drug-likeness (QED) is 0.690. The molecule has 0 nitrogen and oxygen atoms in total. The van der Waals surface area contributed by atoms with Gasteiger partial charge < -0.3 is 0 Å². The van der Waals surface area contributed by atoms with Crippen LogP contribution in [0.15, 0.2) is 42.5 Å². The van der Waals surface area contributed by atoms with E-state index >= 15 is 0 Å². The van der Waals surface area contributed by atoms with Crippen molar-refractivity contribution in [1.82, 2.24) is 0 Å². The summed E-state index contributed by atoms with van der Waals surface area (Å²) in [6, 6.07) is 14.6. The van der Waals surface area contributed by atoms with Crippen molar-refractivity contribution in [3.05, 3.63) is 58.6 Å². The third-order valence-corrected chi connectivity index (χ3v) is 3.15. The third-order valence-electron chi connectivity index (χ3n) is 2.90. The highest BCUT2D eigenvalue weighted by molar-refractivity contribution is 6.30. The molecular formula is C15H15Cl. The fourth-order valence-corrected chi connectivity index (χ4v) is 2.04. The van der Waals surface area contributed by atoms with Crippen molar-refractivity contribution in [2.75, 3.05) is 0 Å². The molecule has 16 heavy (non-hydrogen) atoms. The van der Waals surface area contributed by atoms with E-state index in [1.807, 2.05) is 12.1 Å². The molecule has 0 spiro atoms. The Balaban J connectivity index is 2.41. The molecule has 2 aromatic rings. The van der Waals surface area contributed by atoms with E-state index in [0.29, 0.717) is 0 Å². The molecule has 0 atom stereocenters. The number of halogens is 1. The van der Waals surface area contributed by atoms with Gasteiger partial charge in [0.2, 0.25) is 0 Å². The van der Waals surface area contributed by atoms with Gasteiger partial charge in [-0.25, -0.2) is 0 Å². The van der Waals surface area contributed by atoms with E-state index in [0.717, 1.165) is 11.4 Å². The van der Waals surface area contributed by atoms with Crippen LogP contribution in [0.2, 0.25) is 5.02 Å². The second-order valence-electron chi connectivity index (χ2n) is 4.00. The van der Waals surface area contributed by atoms with Crippen LogP contribution < -0.4 is 0 Å². The first-order chi connectivity index (χ1) is 7.70. The molecule has 0 aliphatic heterocycles. The normalized spacial score (nSPS) is 10.4. The van der Waals surface area contributed by atoms with Crippen molar-refractivity contribution in [3.8, 4) is 11.1 Å². The maximum atomic E-state index is 5.88.